The molecule has 1 aliphatic heterocycles. The van der Waals surface area contributed by atoms with Gasteiger partial charge in [-0.15, -0.1) is 0 Å². The van der Waals surface area contributed by atoms with Crippen molar-refractivity contribution in [3.8, 4) is 0 Å². The maximum Gasteiger partial charge on any atom is 0.272 e. The van der Waals surface area contributed by atoms with Crippen molar-refractivity contribution in [3.63, 3.8) is 0 Å². The number of carbonyl (C=O) groups excluding carboxylic acids is 2. The normalized spacial score (nSPS) is 14.4. The molecule has 0 fully saturated rings. The quantitative estimate of drug-likeness (QED) is 0.613. The van der Waals surface area contributed by atoms with Gasteiger partial charge in [0.25, 0.3) is 11.8 Å². The third kappa shape index (κ3) is 2.55. The summed E-state index contributed by atoms with van der Waals surface area (Å²) in [4.78, 5) is 25.5. The van der Waals surface area contributed by atoms with Crippen LogP contribution >= 0.6 is 11.9 Å². The molecular formula is C18H17NO2S. The number of benzene rings is 2. The zero-order valence-electron chi connectivity index (χ0n) is 12.8. The second kappa shape index (κ2) is 5.29. The van der Waals surface area contributed by atoms with Gasteiger partial charge in [-0.1, -0.05) is 45.0 Å². The molecule has 112 valence electrons. The van der Waals surface area contributed by atoms with E-state index in [0.717, 1.165) is 4.90 Å². The Kier molecular flexibility index (Phi) is 3.57. The Morgan fingerprint density at radius 1 is 0.818 bits per heavy atom. The van der Waals surface area contributed by atoms with Crippen molar-refractivity contribution in [2.24, 2.45) is 0 Å². The molecule has 4 heteroatoms. The molecule has 0 spiro atoms. The molecule has 3 rings (SSSR count). The number of nitrogens with zero attached hydrogens (tertiary/aromatic N) is 1. The van der Waals surface area contributed by atoms with Crippen LogP contribution in [-0.4, -0.2) is 16.1 Å². The summed E-state index contributed by atoms with van der Waals surface area (Å²) in [6.07, 6.45) is 0. The van der Waals surface area contributed by atoms with Gasteiger partial charge in [0.15, 0.2) is 0 Å². The largest absolute Gasteiger partial charge is 0.272 e. The lowest BCUT2D eigenvalue weighted by Gasteiger charge is -2.19. The Morgan fingerprint density at radius 2 is 1.32 bits per heavy atom. The first-order valence-corrected chi connectivity index (χ1v) is 7.91. The fourth-order valence-corrected chi connectivity index (χ4v) is 3.20. The van der Waals surface area contributed by atoms with E-state index in [1.165, 1.54) is 21.8 Å². The first kappa shape index (κ1) is 14.9. The van der Waals surface area contributed by atoms with Gasteiger partial charge in [0.05, 0.1) is 11.1 Å². The van der Waals surface area contributed by atoms with Gasteiger partial charge in [0.1, 0.15) is 0 Å². The Morgan fingerprint density at radius 3 is 1.77 bits per heavy atom. The fourth-order valence-electron chi connectivity index (χ4n) is 2.37. The number of rotatable bonds is 2. The zero-order valence-corrected chi connectivity index (χ0v) is 13.6. The molecule has 22 heavy (non-hydrogen) atoms. The molecule has 0 bridgehead atoms. The maximum atomic E-state index is 12.3. The minimum Gasteiger partial charge on any atom is -0.268 e. The average molecular weight is 311 g/mol. The maximum absolute atomic E-state index is 12.3. The van der Waals surface area contributed by atoms with Gasteiger partial charge in [0.2, 0.25) is 0 Å². The Bertz CT molecular complexity index is 709. The molecule has 3 nitrogen and oxygen atoms in total. The second-order valence-corrected chi connectivity index (χ2v) is 7.34. The lowest BCUT2D eigenvalue weighted by Crippen LogP contribution is -2.21. The smallest absolute Gasteiger partial charge is 0.268 e. The van der Waals surface area contributed by atoms with Gasteiger partial charge in [-0.25, -0.2) is 4.31 Å². The van der Waals surface area contributed by atoms with Gasteiger partial charge >= 0.3 is 0 Å². The molecule has 1 heterocycles. The number of hydrogen-bond donors (Lipinski definition) is 0. The lowest BCUT2D eigenvalue weighted by molar-refractivity contribution is 0.0777. The third-order valence-electron chi connectivity index (χ3n) is 3.67. The highest BCUT2D eigenvalue weighted by atomic mass is 32.2. The minimum atomic E-state index is -0.245. The Hall–Kier alpha value is -2.07. The second-order valence-electron chi connectivity index (χ2n) is 6.32. The van der Waals surface area contributed by atoms with Crippen LogP contribution in [0.25, 0.3) is 0 Å². The topological polar surface area (TPSA) is 37.4 Å². The summed E-state index contributed by atoms with van der Waals surface area (Å²) < 4.78 is 1.23. The van der Waals surface area contributed by atoms with Gasteiger partial charge in [-0.3, -0.25) is 9.59 Å². The van der Waals surface area contributed by atoms with Crippen molar-refractivity contribution in [1.82, 2.24) is 4.31 Å². The zero-order chi connectivity index (χ0) is 15.9. The Balaban J connectivity index is 1.83. The van der Waals surface area contributed by atoms with Gasteiger partial charge in [-0.2, -0.15) is 0 Å². The van der Waals surface area contributed by atoms with Crippen molar-refractivity contribution in [3.05, 3.63) is 65.2 Å². The van der Waals surface area contributed by atoms with Crippen LogP contribution in [0.3, 0.4) is 0 Å². The molecule has 0 unspecified atom stereocenters. The molecule has 2 amide bonds. The molecule has 0 radical (unpaired) electrons. The van der Waals surface area contributed by atoms with Crippen molar-refractivity contribution >= 4 is 23.8 Å². The SMILES string of the molecule is CC(C)(C)c1ccc(SN2C(=O)c3ccccc3C2=O)cc1. The van der Waals surface area contributed by atoms with Crippen molar-refractivity contribution in [2.75, 3.05) is 0 Å². The summed E-state index contributed by atoms with van der Waals surface area (Å²) in [5.74, 6) is -0.490. The van der Waals surface area contributed by atoms with Gasteiger partial charge in [0, 0.05) is 4.90 Å². The van der Waals surface area contributed by atoms with E-state index in [9.17, 15) is 9.59 Å². The van der Waals surface area contributed by atoms with Crippen molar-refractivity contribution < 1.29 is 9.59 Å². The van der Waals surface area contributed by atoms with E-state index in [1.807, 2.05) is 24.3 Å². The van der Waals surface area contributed by atoms with Gasteiger partial charge < -0.3 is 0 Å². The number of carbonyl (C=O) groups is 2. The van der Waals surface area contributed by atoms with Crippen molar-refractivity contribution in [1.29, 1.82) is 0 Å². The molecule has 0 N–H and O–H groups in total. The van der Waals surface area contributed by atoms with E-state index in [-0.39, 0.29) is 17.2 Å². The van der Waals surface area contributed by atoms with E-state index < -0.39 is 0 Å². The Labute approximate surface area is 134 Å². The van der Waals surface area contributed by atoms with Crippen molar-refractivity contribution in [2.45, 2.75) is 31.1 Å². The van der Waals surface area contributed by atoms with Crippen LogP contribution in [0.15, 0.2) is 53.4 Å². The lowest BCUT2D eigenvalue weighted by atomic mass is 9.87. The molecule has 0 saturated carbocycles. The standard InChI is InChI=1S/C18H17NO2S/c1-18(2,3)12-8-10-13(11-9-12)22-19-16(20)14-6-4-5-7-15(14)17(19)21/h4-11H,1-3H3. The first-order valence-electron chi connectivity index (χ1n) is 7.14. The number of amides is 2. The van der Waals surface area contributed by atoms with Crippen LogP contribution in [0.4, 0.5) is 0 Å². The summed E-state index contributed by atoms with van der Waals surface area (Å²) in [6.45, 7) is 6.46. The first-order chi connectivity index (χ1) is 10.4. The molecule has 0 aromatic heterocycles. The third-order valence-corrected chi connectivity index (χ3v) is 4.67. The van der Waals surface area contributed by atoms with E-state index >= 15 is 0 Å². The molecule has 0 atom stereocenters. The summed E-state index contributed by atoms with van der Waals surface area (Å²) in [6, 6.07) is 14.9. The average Bonchev–Trinajstić information content (AvgIpc) is 2.73. The van der Waals surface area contributed by atoms with E-state index in [2.05, 4.69) is 20.8 Å². The number of imide groups is 1. The van der Waals surface area contributed by atoms with E-state index in [1.54, 1.807) is 24.3 Å². The van der Waals surface area contributed by atoms with E-state index in [0.29, 0.717) is 11.1 Å². The van der Waals surface area contributed by atoms with Crippen LogP contribution < -0.4 is 0 Å². The summed E-state index contributed by atoms with van der Waals surface area (Å²) >= 11 is 1.18. The summed E-state index contributed by atoms with van der Waals surface area (Å²) in [5.41, 5.74) is 2.26. The van der Waals surface area contributed by atoms with E-state index in [4.69, 9.17) is 0 Å². The monoisotopic (exact) mass is 311 g/mol. The molecule has 0 saturated heterocycles. The van der Waals surface area contributed by atoms with Crippen LogP contribution in [0.1, 0.15) is 47.1 Å². The predicted molar refractivity (Wildman–Crippen MR) is 87.9 cm³/mol. The minimum absolute atomic E-state index is 0.0821. The van der Waals surface area contributed by atoms with Crippen LogP contribution in [0, 0.1) is 0 Å². The van der Waals surface area contributed by atoms with Crippen LogP contribution in [0.5, 0.6) is 0 Å². The summed E-state index contributed by atoms with van der Waals surface area (Å²) in [5, 5.41) is 0. The molecule has 0 aliphatic carbocycles. The number of fused-ring (bicyclic) bond motifs is 1. The molecule has 2 aromatic carbocycles. The van der Waals surface area contributed by atoms with Crippen LogP contribution in [0.2, 0.25) is 0 Å². The van der Waals surface area contributed by atoms with Crippen LogP contribution in [-0.2, 0) is 5.41 Å². The molecule has 2 aromatic rings. The van der Waals surface area contributed by atoms with Gasteiger partial charge in [-0.05, 0) is 47.2 Å². The highest BCUT2D eigenvalue weighted by molar-refractivity contribution is 7.98. The predicted octanol–water partition coefficient (Wildman–Crippen LogP) is 4.29. The molecule has 1 aliphatic rings. The highest BCUT2D eigenvalue weighted by Crippen LogP contribution is 2.33. The number of hydrogen-bond acceptors (Lipinski definition) is 3. The molecular weight excluding hydrogens is 294 g/mol. The summed E-state index contributed by atoms with van der Waals surface area (Å²) in [7, 11) is 0. The fraction of sp³-hybridized carbons (Fsp3) is 0.222. The highest BCUT2D eigenvalue weighted by Gasteiger charge is 2.36.